The van der Waals surface area contributed by atoms with Crippen LogP contribution in [0, 0.1) is 0 Å². The summed E-state index contributed by atoms with van der Waals surface area (Å²) in [6.45, 7) is 0.745. The lowest BCUT2D eigenvalue weighted by molar-refractivity contribution is -0.116. The number of amides is 3. The zero-order chi connectivity index (χ0) is 17.2. The Morgan fingerprint density at radius 1 is 1.00 bits per heavy atom. The molecule has 126 valence electrons. The van der Waals surface area contributed by atoms with Gasteiger partial charge in [0.2, 0.25) is 5.91 Å². The Balaban J connectivity index is 1.65. The molecule has 0 saturated carbocycles. The van der Waals surface area contributed by atoms with Crippen molar-refractivity contribution in [1.29, 1.82) is 0 Å². The minimum Gasteiger partial charge on any atom is -0.338 e. The molecule has 5 nitrogen and oxygen atoms in total. The number of rotatable bonds is 7. The molecule has 2 aromatic rings. The van der Waals surface area contributed by atoms with Crippen molar-refractivity contribution in [2.24, 2.45) is 0 Å². The number of carbonyl (C=O) groups is 2. The van der Waals surface area contributed by atoms with E-state index in [2.05, 4.69) is 16.0 Å². The number of anilines is 1. The number of thioether (sulfide) groups is 1. The Morgan fingerprint density at radius 3 is 2.54 bits per heavy atom. The highest BCUT2D eigenvalue weighted by molar-refractivity contribution is 7.98. The molecule has 3 amide bonds. The van der Waals surface area contributed by atoms with Crippen LogP contribution in [-0.2, 0) is 11.3 Å². The summed E-state index contributed by atoms with van der Waals surface area (Å²) in [6.07, 6.45) is 2.21. The molecule has 0 saturated heterocycles. The Bertz CT molecular complexity index is 677. The topological polar surface area (TPSA) is 70.2 Å². The molecule has 0 aromatic heterocycles. The van der Waals surface area contributed by atoms with Gasteiger partial charge in [-0.2, -0.15) is 0 Å². The van der Waals surface area contributed by atoms with Crippen molar-refractivity contribution < 1.29 is 9.59 Å². The fraction of sp³-hybridized carbons (Fsp3) is 0.222. The molecule has 6 heteroatoms. The van der Waals surface area contributed by atoms with Gasteiger partial charge >= 0.3 is 6.03 Å². The minimum atomic E-state index is -0.281. The van der Waals surface area contributed by atoms with Crippen molar-refractivity contribution >= 4 is 29.4 Å². The van der Waals surface area contributed by atoms with Crippen LogP contribution in [0.1, 0.15) is 12.0 Å². The van der Waals surface area contributed by atoms with Gasteiger partial charge in [-0.25, -0.2) is 4.79 Å². The van der Waals surface area contributed by atoms with Gasteiger partial charge in [0.25, 0.3) is 0 Å². The second-order valence-electron chi connectivity index (χ2n) is 5.13. The van der Waals surface area contributed by atoms with Crippen LogP contribution >= 0.6 is 11.8 Å². The quantitative estimate of drug-likeness (QED) is 0.676. The summed E-state index contributed by atoms with van der Waals surface area (Å²) < 4.78 is 0. The molecule has 0 aliphatic heterocycles. The van der Waals surface area contributed by atoms with E-state index in [1.807, 2.05) is 60.9 Å². The third-order valence-electron chi connectivity index (χ3n) is 3.29. The SMILES string of the molecule is CSc1cccc(NC(=O)CCNC(=O)NCc2ccccc2)c1. The minimum absolute atomic E-state index is 0.128. The van der Waals surface area contributed by atoms with E-state index in [1.165, 1.54) is 0 Å². The zero-order valence-corrected chi connectivity index (χ0v) is 14.4. The molecule has 0 heterocycles. The van der Waals surface area contributed by atoms with Crippen molar-refractivity contribution in [2.75, 3.05) is 18.1 Å². The molecule has 0 radical (unpaired) electrons. The van der Waals surface area contributed by atoms with Gasteiger partial charge in [-0.1, -0.05) is 36.4 Å². The first-order valence-electron chi connectivity index (χ1n) is 7.67. The molecule has 0 spiro atoms. The van der Waals surface area contributed by atoms with E-state index in [0.717, 1.165) is 16.1 Å². The number of urea groups is 1. The molecule has 0 fully saturated rings. The fourth-order valence-electron chi connectivity index (χ4n) is 2.05. The first kappa shape index (κ1) is 17.9. The predicted molar refractivity (Wildman–Crippen MR) is 98.2 cm³/mol. The van der Waals surface area contributed by atoms with Crippen LogP contribution in [0.2, 0.25) is 0 Å². The Kier molecular flexibility index (Phi) is 7.17. The Hall–Kier alpha value is -2.47. The highest BCUT2D eigenvalue weighted by Crippen LogP contribution is 2.18. The first-order valence-corrected chi connectivity index (χ1v) is 8.89. The third kappa shape index (κ3) is 6.34. The third-order valence-corrected chi connectivity index (χ3v) is 4.01. The number of carbonyl (C=O) groups excluding carboxylic acids is 2. The van der Waals surface area contributed by atoms with Crippen LogP contribution < -0.4 is 16.0 Å². The molecule has 2 rings (SSSR count). The van der Waals surface area contributed by atoms with E-state index in [-0.39, 0.29) is 24.9 Å². The average molecular weight is 343 g/mol. The standard InChI is InChI=1S/C18H21N3O2S/c1-24-16-9-5-8-15(12-16)21-17(22)10-11-19-18(23)20-13-14-6-3-2-4-7-14/h2-9,12H,10-11,13H2,1H3,(H,21,22)(H2,19,20,23). The summed E-state index contributed by atoms with van der Waals surface area (Å²) in [6, 6.07) is 17.0. The summed E-state index contributed by atoms with van der Waals surface area (Å²) in [5.41, 5.74) is 1.79. The van der Waals surface area contributed by atoms with Crippen molar-refractivity contribution in [3.05, 3.63) is 60.2 Å². The highest BCUT2D eigenvalue weighted by Gasteiger charge is 2.05. The van der Waals surface area contributed by atoms with Crippen molar-refractivity contribution in [3.8, 4) is 0 Å². The van der Waals surface area contributed by atoms with Crippen molar-refractivity contribution in [3.63, 3.8) is 0 Å². The van der Waals surface area contributed by atoms with E-state index in [9.17, 15) is 9.59 Å². The number of hydrogen-bond donors (Lipinski definition) is 3. The zero-order valence-electron chi connectivity index (χ0n) is 13.5. The maximum absolute atomic E-state index is 11.9. The maximum Gasteiger partial charge on any atom is 0.315 e. The highest BCUT2D eigenvalue weighted by atomic mass is 32.2. The van der Waals surface area contributed by atoms with Gasteiger partial charge in [-0.15, -0.1) is 11.8 Å². The number of benzene rings is 2. The van der Waals surface area contributed by atoms with Gasteiger partial charge in [-0.3, -0.25) is 4.79 Å². The molecule has 0 aliphatic carbocycles. The second kappa shape index (κ2) is 9.62. The lowest BCUT2D eigenvalue weighted by Crippen LogP contribution is -2.36. The van der Waals surface area contributed by atoms with E-state index in [0.29, 0.717) is 6.54 Å². The molecule has 3 N–H and O–H groups in total. The second-order valence-corrected chi connectivity index (χ2v) is 6.00. The number of nitrogens with one attached hydrogen (secondary N) is 3. The van der Waals surface area contributed by atoms with Gasteiger partial charge in [0.1, 0.15) is 0 Å². The Morgan fingerprint density at radius 2 is 1.79 bits per heavy atom. The van der Waals surface area contributed by atoms with Gasteiger partial charge in [0.05, 0.1) is 0 Å². The largest absolute Gasteiger partial charge is 0.338 e. The molecule has 0 unspecified atom stereocenters. The molecule has 2 aromatic carbocycles. The maximum atomic E-state index is 11.9. The normalized spacial score (nSPS) is 10.0. The molecular formula is C18H21N3O2S. The smallest absolute Gasteiger partial charge is 0.315 e. The summed E-state index contributed by atoms with van der Waals surface area (Å²) >= 11 is 1.62. The van der Waals surface area contributed by atoms with Gasteiger partial charge in [0, 0.05) is 30.1 Å². The number of hydrogen-bond acceptors (Lipinski definition) is 3. The van der Waals surface area contributed by atoms with Crippen LogP contribution in [0.3, 0.4) is 0 Å². The summed E-state index contributed by atoms with van der Waals surface area (Å²) in [4.78, 5) is 24.7. The Labute approximate surface area is 146 Å². The fourth-order valence-corrected chi connectivity index (χ4v) is 2.51. The van der Waals surface area contributed by atoms with Crippen LogP contribution in [0.5, 0.6) is 0 Å². The lowest BCUT2D eigenvalue weighted by atomic mass is 10.2. The van der Waals surface area contributed by atoms with E-state index in [1.54, 1.807) is 11.8 Å². The average Bonchev–Trinajstić information content (AvgIpc) is 2.61. The van der Waals surface area contributed by atoms with Crippen molar-refractivity contribution in [2.45, 2.75) is 17.9 Å². The lowest BCUT2D eigenvalue weighted by Gasteiger charge is -2.09. The van der Waals surface area contributed by atoms with Crippen LogP contribution in [0.25, 0.3) is 0 Å². The molecule has 0 atom stereocenters. The summed E-state index contributed by atoms with van der Waals surface area (Å²) in [7, 11) is 0. The molecule has 24 heavy (non-hydrogen) atoms. The van der Waals surface area contributed by atoms with E-state index < -0.39 is 0 Å². The predicted octanol–water partition coefficient (Wildman–Crippen LogP) is 3.24. The molecular weight excluding hydrogens is 322 g/mol. The van der Waals surface area contributed by atoms with Gasteiger partial charge in [-0.05, 0) is 30.0 Å². The molecule has 0 bridgehead atoms. The first-order chi connectivity index (χ1) is 11.7. The molecule has 0 aliphatic rings. The monoisotopic (exact) mass is 343 g/mol. The van der Waals surface area contributed by atoms with E-state index >= 15 is 0 Å². The van der Waals surface area contributed by atoms with E-state index in [4.69, 9.17) is 0 Å². The van der Waals surface area contributed by atoms with Crippen LogP contribution in [0.4, 0.5) is 10.5 Å². The van der Waals surface area contributed by atoms with Gasteiger partial charge < -0.3 is 16.0 Å². The summed E-state index contributed by atoms with van der Waals surface area (Å²) in [5, 5.41) is 8.25. The van der Waals surface area contributed by atoms with Crippen LogP contribution in [0.15, 0.2) is 59.5 Å². The van der Waals surface area contributed by atoms with Crippen LogP contribution in [-0.4, -0.2) is 24.7 Å². The van der Waals surface area contributed by atoms with Crippen molar-refractivity contribution in [1.82, 2.24) is 10.6 Å². The van der Waals surface area contributed by atoms with Gasteiger partial charge in [0.15, 0.2) is 0 Å². The summed E-state index contributed by atoms with van der Waals surface area (Å²) in [5.74, 6) is -0.128.